The maximum Gasteiger partial charge on any atom is 0.354 e. The molecule has 0 fully saturated rings. The van der Waals surface area contributed by atoms with Crippen molar-refractivity contribution in [3.05, 3.63) is 23.9 Å². The summed E-state index contributed by atoms with van der Waals surface area (Å²) in [6, 6.07) is 4.70. The van der Waals surface area contributed by atoms with Gasteiger partial charge >= 0.3 is 5.97 Å². The first-order valence-corrected chi connectivity index (χ1v) is 5.55. The van der Waals surface area contributed by atoms with Gasteiger partial charge in [0.25, 0.3) is 0 Å². The van der Waals surface area contributed by atoms with Gasteiger partial charge in [-0.15, -0.1) is 0 Å². The number of carboxylic acid groups (broad SMARTS) is 1. The topological polar surface area (TPSA) is 93.9 Å². The number of rotatable bonds is 6. The highest BCUT2D eigenvalue weighted by Gasteiger charge is 2.25. The Morgan fingerprint density at radius 2 is 2.00 bits per heavy atom. The normalized spacial score (nSPS) is 11.3. The molecule has 0 amide bonds. The summed E-state index contributed by atoms with van der Waals surface area (Å²) in [7, 11) is 1.73. The third-order valence-electron chi connectivity index (χ3n) is 2.73. The van der Waals surface area contributed by atoms with Gasteiger partial charge in [-0.3, -0.25) is 0 Å². The summed E-state index contributed by atoms with van der Waals surface area (Å²) < 4.78 is 0. The maximum absolute atomic E-state index is 10.8. The fourth-order valence-corrected chi connectivity index (χ4v) is 1.56. The molecule has 0 radical (unpaired) electrons. The molecule has 1 aromatic heterocycles. The molecule has 1 rings (SSSR count). The SMILES string of the molecule is CN(CC(C)(CO)CO)c1cccc(C(=O)O)n1. The number of hydrogen-bond donors (Lipinski definition) is 3. The van der Waals surface area contributed by atoms with Gasteiger partial charge in [0.2, 0.25) is 0 Å². The first-order chi connectivity index (χ1) is 8.41. The number of hydrogen-bond acceptors (Lipinski definition) is 5. The number of aromatic carboxylic acids is 1. The average molecular weight is 254 g/mol. The standard InChI is InChI=1S/C12H18N2O4/c1-12(7-15,8-16)6-14(2)10-5-3-4-9(13-10)11(17)18/h3-5,15-16H,6-8H2,1-2H3,(H,17,18). The van der Waals surface area contributed by atoms with Crippen molar-refractivity contribution in [1.29, 1.82) is 0 Å². The van der Waals surface area contributed by atoms with Gasteiger partial charge in [-0.2, -0.15) is 0 Å². The van der Waals surface area contributed by atoms with Crippen LogP contribution >= 0.6 is 0 Å². The van der Waals surface area contributed by atoms with Crippen LogP contribution in [-0.4, -0.2) is 53.1 Å². The van der Waals surface area contributed by atoms with E-state index in [0.717, 1.165) is 0 Å². The Bertz CT molecular complexity index is 418. The molecule has 0 aromatic carbocycles. The van der Waals surface area contributed by atoms with Crippen LogP contribution in [0.25, 0.3) is 0 Å². The van der Waals surface area contributed by atoms with Gasteiger partial charge in [-0.1, -0.05) is 13.0 Å². The lowest BCUT2D eigenvalue weighted by Gasteiger charge is -2.31. The van der Waals surface area contributed by atoms with Crippen LogP contribution in [0.4, 0.5) is 5.82 Å². The second-order valence-electron chi connectivity index (χ2n) is 4.67. The van der Waals surface area contributed by atoms with Gasteiger partial charge in [0, 0.05) is 19.0 Å². The van der Waals surface area contributed by atoms with Crippen LogP contribution in [0.5, 0.6) is 0 Å². The van der Waals surface area contributed by atoms with Crippen LogP contribution in [0.15, 0.2) is 18.2 Å². The van der Waals surface area contributed by atoms with E-state index in [-0.39, 0.29) is 18.9 Å². The van der Waals surface area contributed by atoms with Crippen molar-refractivity contribution in [3.63, 3.8) is 0 Å². The summed E-state index contributed by atoms with van der Waals surface area (Å²) >= 11 is 0. The summed E-state index contributed by atoms with van der Waals surface area (Å²) in [5, 5.41) is 27.3. The van der Waals surface area contributed by atoms with E-state index in [1.165, 1.54) is 6.07 Å². The fourth-order valence-electron chi connectivity index (χ4n) is 1.56. The summed E-state index contributed by atoms with van der Waals surface area (Å²) in [6.07, 6.45) is 0. The molecule has 6 heteroatoms. The highest BCUT2D eigenvalue weighted by molar-refractivity contribution is 5.85. The van der Waals surface area contributed by atoms with Crippen LogP contribution in [0.1, 0.15) is 17.4 Å². The van der Waals surface area contributed by atoms with E-state index in [9.17, 15) is 15.0 Å². The third kappa shape index (κ3) is 3.41. The Balaban J connectivity index is 2.87. The minimum Gasteiger partial charge on any atom is -0.477 e. The molecule has 18 heavy (non-hydrogen) atoms. The minimum atomic E-state index is -1.09. The summed E-state index contributed by atoms with van der Waals surface area (Å²) in [5.41, 5.74) is -0.690. The Morgan fingerprint density at radius 3 is 2.50 bits per heavy atom. The molecule has 0 bridgehead atoms. The van der Waals surface area contributed by atoms with Gasteiger partial charge in [0.1, 0.15) is 5.82 Å². The van der Waals surface area contributed by atoms with Gasteiger partial charge in [-0.05, 0) is 12.1 Å². The zero-order valence-electron chi connectivity index (χ0n) is 10.5. The van der Waals surface area contributed by atoms with Crippen molar-refractivity contribution in [3.8, 4) is 0 Å². The first kappa shape index (κ1) is 14.4. The van der Waals surface area contributed by atoms with Crippen molar-refractivity contribution >= 4 is 11.8 Å². The molecule has 6 nitrogen and oxygen atoms in total. The van der Waals surface area contributed by atoms with Crippen molar-refractivity contribution in [2.75, 3.05) is 31.7 Å². The lowest BCUT2D eigenvalue weighted by atomic mass is 9.92. The van der Waals surface area contributed by atoms with Crippen LogP contribution in [0.3, 0.4) is 0 Å². The van der Waals surface area contributed by atoms with Gasteiger partial charge < -0.3 is 20.2 Å². The number of pyridine rings is 1. The summed E-state index contributed by atoms with van der Waals surface area (Å²) in [6.45, 7) is 1.79. The van der Waals surface area contributed by atoms with Crippen molar-refractivity contribution in [1.82, 2.24) is 4.98 Å². The largest absolute Gasteiger partial charge is 0.477 e. The number of aliphatic hydroxyl groups is 2. The summed E-state index contributed by atoms with van der Waals surface area (Å²) in [4.78, 5) is 16.5. The molecule has 0 aliphatic rings. The molecule has 0 saturated heterocycles. The van der Waals surface area contributed by atoms with Crippen LogP contribution in [0.2, 0.25) is 0 Å². The molecule has 0 aliphatic heterocycles. The predicted octanol–water partition coefficient (Wildman–Crippen LogP) is 0.207. The molecule has 0 saturated carbocycles. The van der Waals surface area contributed by atoms with E-state index in [0.29, 0.717) is 12.4 Å². The van der Waals surface area contributed by atoms with Crippen molar-refractivity contribution in [2.24, 2.45) is 5.41 Å². The molecular weight excluding hydrogens is 236 g/mol. The van der Waals surface area contributed by atoms with Gasteiger partial charge in [0.05, 0.1) is 13.2 Å². The number of anilines is 1. The second-order valence-corrected chi connectivity index (χ2v) is 4.67. The first-order valence-electron chi connectivity index (χ1n) is 5.55. The van der Waals surface area contributed by atoms with E-state index < -0.39 is 11.4 Å². The number of nitrogens with zero attached hydrogens (tertiary/aromatic N) is 2. The Hall–Kier alpha value is -1.66. The number of carboxylic acids is 1. The zero-order valence-corrected chi connectivity index (χ0v) is 10.5. The predicted molar refractivity (Wildman–Crippen MR) is 66.7 cm³/mol. The molecule has 0 spiro atoms. The van der Waals surface area contributed by atoms with Crippen LogP contribution < -0.4 is 4.90 Å². The fraction of sp³-hybridized carbons (Fsp3) is 0.500. The molecule has 1 aromatic rings. The van der Waals surface area contributed by atoms with Crippen molar-refractivity contribution < 1.29 is 20.1 Å². The van der Waals surface area contributed by atoms with E-state index in [1.54, 1.807) is 31.0 Å². The molecule has 0 unspecified atom stereocenters. The van der Waals surface area contributed by atoms with E-state index >= 15 is 0 Å². The lowest BCUT2D eigenvalue weighted by Crippen LogP contribution is -2.39. The highest BCUT2D eigenvalue weighted by Crippen LogP contribution is 2.19. The Morgan fingerprint density at radius 1 is 1.39 bits per heavy atom. The van der Waals surface area contributed by atoms with E-state index in [2.05, 4.69) is 4.98 Å². The lowest BCUT2D eigenvalue weighted by molar-refractivity contribution is 0.0689. The minimum absolute atomic E-state index is 0.0333. The smallest absolute Gasteiger partial charge is 0.354 e. The number of aliphatic hydroxyl groups excluding tert-OH is 2. The monoisotopic (exact) mass is 254 g/mol. The molecule has 1 heterocycles. The molecular formula is C12H18N2O4. The van der Waals surface area contributed by atoms with Crippen LogP contribution in [0, 0.1) is 5.41 Å². The highest BCUT2D eigenvalue weighted by atomic mass is 16.4. The van der Waals surface area contributed by atoms with Crippen molar-refractivity contribution in [2.45, 2.75) is 6.92 Å². The van der Waals surface area contributed by atoms with Gasteiger partial charge in [-0.25, -0.2) is 9.78 Å². The summed E-state index contributed by atoms with van der Waals surface area (Å²) in [5.74, 6) is -0.597. The van der Waals surface area contributed by atoms with E-state index in [4.69, 9.17) is 5.11 Å². The Kier molecular flexibility index (Phi) is 4.63. The zero-order chi connectivity index (χ0) is 13.8. The Labute approximate surface area is 106 Å². The average Bonchev–Trinajstić information content (AvgIpc) is 2.38. The maximum atomic E-state index is 10.8. The second kappa shape index (κ2) is 5.79. The number of carbonyl (C=O) groups is 1. The van der Waals surface area contributed by atoms with Gasteiger partial charge in [0.15, 0.2) is 5.69 Å². The molecule has 0 aliphatic carbocycles. The quantitative estimate of drug-likeness (QED) is 0.671. The molecule has 3 N–H and O–H groups in total. The molecule has 100 valence electrons. The molecule has 0 atom stereocenters. The van der Waals surface area contributed by atoms with E-state index in [1.807, 2.05) is 0 Å². The number of aromatic nitrogens is 1. The van der Waals surface area contributed by atoms with Crippen LogP contribution in [-0.2, 0) is 0 Å². The third-order valence-corrected chi connectivity index (χ3v) is 2.73.